The van der Waals surface area contributed by atoms with E-state index in [1.165, 1.54) is 21.9 Å². The van der Waals surface area contributed by atoms with Crippen LogP contribution in [-0.4, -0.2) is 0 Å². The van der Waals surface area contributed by atoms with Crippen molar-refractivity contribution in [3.05, 3.63) is 176 Å². The molecule has 0 radical (unpaired) electrons. The molecule has 0 bridgehead atoms. The molecular formula is C46H29NO2. The molecule has 0 atom stereocenters. The second kappa shape index (κ2) is 11.0. The third kappa shape index (κ3) is 4.44. The molecule has 0 aliphatic heterocycles. The molecule has 3 nitrogen and oxygen atoms in total. The van der Waals surface area contributed by atoms with Gasteiger partial charge >= 0.3 is 0 Å². The van der Waals surface area contributed by atoms with E-state index >= 15 is 0 Å². The summed E-state index contributed by atoms with van der Waals surface area (Å²) in [6.07, 6.45) is 0. The standard InChI is InChI=1S/C46H29NO2/c1-2-15-35-30(11-1)12-8-18-36(35)31-25-27-33(28-26-31)47(41-21-9-20-39-38-16-3-5-22-42(38)49-46(39)41)34-14-7-13-32(29-34)37-19-10-24-44-45(37)40-17-4-6-23-43(40)48-44/h1-29H. The Labute approximate surface area is 282 Å². The van der Waals surface area contributed by atoms with Crippen molar-refractivity contribution in [1.29, 1.82) is 0 Å². The second-order valence-corrected chi connectivity index (χ2v) is 12.5. The molecule has 8 aromatic carbocycles. The van der Waals surface area contributed by atoms with Gasteiger partial charge in [0.2, 0.25) is 0 Å². The summed E-state index contributed by atoms with van der Waals surface area (Å²) < 4.78 is 12.9. The van der Waals surface area contributed by atoms with Crippen LogP contribution in [0.15, 0.2) is 185 Å². The van der Waals surface area contributed by atoms with Crippen molar-refractivity contribution in [2.45, 2.75) is 0 Å². The Hall–Kier alpha value is -6.58. The van der Waals surface area contributed by atoms with Crippen LogP contribution in [0, 0.1) is 0 Å². The molecule has 10 rings (SSSR count). The first-order valence-corrected chi connectivity index (χ1v) is 16.6. The number of para-hydroxylation sites is 3. The molecule has 0 amide bonds. The van der Waals surface area contributed by atoms with Gasteiger partial charge in [0.15, 0.2) is 5.58 Å². The maximum absolute atomic E-state index is 6.61. The van der Waals surface area contributed by atoms with Crippen molar-refractivity contribution in [1.82, 2.24) is 0 Å². The van der Waals surface area contributed by atoms with E-state index in [0.29, 0.717) is 0 Å². The van der Waals surface area contributed by atoms with Gasteiger partial charge in [-0.05, 0) is 81.6 Å². The van der Waals surface area contributed by atoms with Gasteiger partial charge in [-0.2, -0.15) is 0 Å². The predicted molar refractivity (Wildman–Crippen MR) is 204 cm³/mol. The summed E-state index contributed by atoms with van der Waals surface area (Å²) in [5.41, 5.74) is 11.2. The molecule has 0 fully saturated rings. The largest absolute Gasteiger partial charge is 0.456 e. The van der Waals surface area contributed by atoms with Gasteiger partial charge in [-0.15, -0.1) is 0 Å². The van der Waals surface area contributed by atoms with Crippen LogP contribution < -0.4 is 4.90 Å². The molecule has 0 spiro atoms. The number of fused-ring (bicyclic) bond motifs is 7. The number of benzene rings is 8. The summed E-state index contributed by atoms with van der Waals surface area (Å²) in [5.74, 6) is 0. The summed E-state index contributed by atoms with van der Waals surface area (Å²) in [4.78, 5) is 2.31. The summed E-state index contributed by atoms with van der Waals surface area (Å²) >= 11 is 0. The molecule has 0 aliphatic carbocycles. The third-order valence-electron chi connectivity index (χ3n) is 9.67. The van der Waals surface area contributed by atoms with E-state index in [-0.39, 0.29) is 0 Å². The molecule has 0 aliphatic rings. The average molecular weight is 628 g/mol. The van der Waals surface area contributed by atoms with Gasteiger partial charge < -0.3 is 13.7 Å². The molecule has 2 aromatic heterocycles. The van der Waals surface area contributed by atoms with E-state index < -0.39 is 0 Å². The zero-order chi connectivity index (χ0) is 32.3. The lowest BCUT2D eigenvalue weighted by molar-refractivity contribution is 0.668. The molecule has 230 valence electrons. The van der Waals surface area contributed by atoms with Crippen molar-refractivity contribution < 1.29 is 8.83 Å². The highest BCUT2D eigenvalue weighted by Crippen LogP contribution is 2.44. The number of hydrogen-bond acceptors (Lipinski definition) is 3. The number of furan rings is 2. The van der Waals surface area contributed by atoms with Crippen LogP contribution in [0.2, 0.25) is 0 Å². The Balaban J connectivity index is 1.17. The smallest absolute Gasteiger partial charge is 0.159 e. The predicted octanol–water partition coefficient (Wildman–Crippen LogP) is 13.4. The highest BCUT2D eigenvalue weighted by molar-refractivity contribution is 6.13. The van der Waals surface area contributed by atoms with Crippen molar-refractivity contribution in [2.75, 3.05) is 4.90 Å². The van der Waals surface area contributed by atoms with E-state index in [1.54, 1.807) is 0 Å². The van der Waals surface area contributed by atoms with Crippen LogP contribution in [0.5, 0.6) is 0 Å². The zero-order valence-electron chi connectivity index (χ0n) is 26.5. The zero-order valence-corrected chi connectivity index (χ0v) is 26.5. The first-order valence-electron chi connectivity index (χ1n) is 16.6. The lowest BCUT2D eigenvalue weighted by Crippen LogP contribution is -2.10. The van der Waals surface area contributed by atoms with Crippen LogP contribution in [0.1, 0.15) is 0 Å². The first kappa shape index (κ1) is 27.5. The monoisotopic (exact) mass is 627 g/mol. The number of rotatable bonds is 5. The summed E-state index contributed by atoms with van der Waals surface area (Å²) in [6.45, 7) is 0. The molecule has 2 heterocycles. The van der Waals surface area contributed by atoms with Crippen LogP contribution in [0.4, 0.5) is 17.1 Å². The molecule has 0 saturated carbocycles. The minimum absolute atomic E-state index is 0.857. The van der Waals surface area contributed by atoms with Gasteiger partial charge in [0, 0.05) is 32.9 Å². The minimum atomic E-state index is 0.857. The van der Waals surface area contributed by atoms with Gasteiger partial charge in [0.1, 0.15) is 16.7 Å². The quantitative estimate of drug-likeness (QED) is 0.190. The molecule has 0 saturated heterocycles. The highest BCUT2D eigenvalue weighted by Gasteiger charge is 2.21. The average Bonchev–Trinajstić information content (AvgIpc) is 3.74. The van der Waals surface area contributed by atoms with Gasteiger partial charge in [0.25, 0.3) is 0 Å². The summed E-state index contributed by atoms with van der Waals surface area (Å²) in [7, 11) is 0. The van der Waals surface area contributed by atoms with Crippen LogP contribution in [-0.2, 0) is 0 Å². The maximum atomic E-state index is 6.61. The van der Waals surface area contributed by atoms with Crippen molar-refractivity contribution in [2.24, 2.45) is 0 Å². The number of anilines is 3. The van der Waals surface area contributed by atoms with Gasteiger partial charge in [-0.25, -0.2) is 0 Å². The lowest BCUT2D eigenvalue weighted by atomic mass is 9.97. The molecule has 10 aromatic rings. The number of nitrogens with zero attached hydrogens (tertiary/aromatic N) is 1. The van der Waals surface area contributed by atoms with Crippen molar-refractivity contribution in [3.8, 4) is 22.3 Å². The molecule has 0 unspecified atom stereocenters. The van der Waals surface area contributed by atoms with E-state index in [1.807, 2.05) is 24.3 Å². The van der Waals surface area contributed by atoms with Crippen molar-refractivity contribution in [3.63, 3.8) is 0 Å². The van der Waals surface area contributed by atoms with E-state index in [4.69, 9.17) is 8.83 Å². The summed E-state index contributed by atoms with van der Waals surface area (Å²) in [5, 5.41) is 6.93. The normalized spacial score (nSPS) is 11.7. The number of hydrogen-bond donors (Lipinski definition) is 0. The molecule has 3 heteroatoms. The maximum Gasteiger partial charge on any atom is 0.159 e. The minimum Gasteiger partial charge on any atom is -0.456 e. The molecule has 49 heavy (non-hydrogen) atoms. The Morgan fingerprint density at radius 2 is 1.00 bits per heavy atom. The van der Waals surface area contributed by atoms with Gasteiger partial charge in [-0.3, -0.25) is 0 Å². The van der Waals surface area contributed by atoms with E-state index in [0.717, 1.165) is 72.1 Å². The van der Waals surface area contributed by atoms with Gasteiger partial charge in [0.05, 0.1) is 5.69 Å². The fourth-order valence-electron chi connectivity index (χ4n) is 7.43. The Morgan fingerprint density at radius 1 is 0.367 bits per heavy atom. The topological polar surface area (TPSA) is 29.5 Å². The highest BCUT2D eigenvalue weighted by atomic mass is 16.3. The van der Waals surface area contributed by atoms with Crippen LogP contribution >= 0.6 is 0 Å². The fraction of sp³-hybridized carbons (Fsp3) is 0. The second-order valence-electron chi connectivity index (χ2n) is 12.5. The van der Waals surface area contributed by atoms with Crippen LogP contribution in [0.25, 0.3) is 76.9 Å². The summed E-state index contributed by atoms with van der Waals surface area (Å²) in [6, 6.07) is 62.0. The first-order chi connectivity index (χ1) is 24.3. The Bertz CT molecular complexity index is 2830. The van der Waals surface area contributed by atoms with E-state index in [9.17, 15) is 0 Å². The van der Waals surface area contributed by atoms with Gasteiger partial charge in [-0.1, -0.05) is 127 Å². The lowest BCUT2D eigenvalue weighted by Gasteiger charge is -2.26. The van der Waals surface area contributed by atoms with Crippen LogP contribution in [0.3, 0.4) is 0 Å². The Kier molecular flexibility index (Phi) is 6.18. The SMILES string of the molecule is c1cc(-c2cccc3oc4ccccc4c23)cc(N(c2ccc(-c3cccc4ccccc34)cc2)c2cccc3c2oc2ccccc23)c1. The molecular weight excluding hydrogens is 599 g/mol. The van der Waals surface area contributed by atoms with E-state index in [2.05, 4.69) is 157 Å². The third-order valence-corrected chi connectivity index (χ3v) is 9.67. The van der Waals surface area contributed by atoms with Crippen molar-refractivity contribution >= 4 is 71.7 Å². The fourth-order valence-corrected chi connectivity index (χ4v) is 7.43. The Morgan fingerprint density at radius 3 is 1.88 bits per heavy atom. The molecule has 0 N–H and O–H groups in total.